The number of methoxy groups -OCH3 is 1. The number of carbonyl (C=O) groups excluding carboxylic acids is 3. The lowest BCUT2D eigenvalue weighted by molar-refractivity contribution is -0.122. The molecule has 6 nitrogen and oxygen atoms in total. The summed E-state index contributed by atoms with van der Waals surface area (Å²) >= 11 is 0. The number of amides is 2. The number of anilines is 2. The van der Waals surface area contributed by atoms with Crippen LogP contribution in [0.5, 0.6) is 0 Å². The van der Waals surface area contributed by atoms with Gasteiger partial charge >= 0.3 is 5.97 Å². The van der Waals surface area contributed by atoms with Crippen LogP contribution in [0, 0.1) is 19.8 Å². The summed E-state index contributed by atoms with van der Waals surface area (Å²) in [5, 5.41) is 2.91. The molecule has 1 heterocycles. The summed E-state index contributed by atoms with van der Waals surface area (Å²) in [7, 11) is 1.30. The Morgan fingerprint density at radius 3 is 2.59 bits per heavy atom. The largest absolute Gasteiger partial charge is 0.465 e. The molecule has 27 heavy (non-hydrogen) atoms. The minimum Gasteiger partial charge on any atom is -0.465 e. The predicted octanol–water partition coefficient (Wildman–Crippen LogP) is 3.08. The monoisotopic (exact) mass is 366 g/mol. The van der Waals surface area contributed by atoms with Crippen LogP contribution >= 0.6 is 0 Å². The van der Waals surface area contributed by atoms with E-state index in [1.807, 2.05) is 32.0 Å². The van der Waals surface area contributed by atoms with Gasteiger partial charge in [-0.15, -0.1) is 0 Å². The SMILES string of the molecule is COC(=O)c1ccccc1N1CC(C(=O)Nc2ccc(C)cc2C)CC1=O. The van der Waals surface area contributed by atoms with Crippen LogP contribution in [0.3, 0.4) is 0 Å². The first kappa shape index (κ1) is 18.6. The topological polar surface area (TPSA) is 75.7 Å². The van der Waals surface area contributed by atoms with Crippen molar-refractivity contribution in [1.29, 1.82) is 0 Å². The molecule has 1 atom stereocenters. The molecule has 1 fully saturated rings. The second kappa shape index (κ2) is 7.61. The van der Waals surface area contributed by atoms with Crippen molar-refractivity contribution < 1.29 is 19.1 Å². The van der Waals surface area contributed by atoms with Crippen LogP contribution in [-0.2, 0) is 14.3 Å². The van der Waals surface area contributed by atoms with Crippen LogP contribution in [0.15, 0.2) is 42.5 Å². The van der Waals surface area contributed by atoms with Crippen LogP contribution in [0.4, 0.5) is 11.4 Å². The smallest absolute Gasteiger partial charge is 0.339 e. The maximum atomic E-state index is 12.7. The third kappa shape index (κ3) is 3.84. The number of hydrogen-bond donors (Lipinski definition) is 1. The third-order valence-electron chi connectivity index (χ3n) is 4.74. The molecule has 2 amide bonds. The number of rotatable bonds is 4. The van der Waals surface area contributed by atoms with E-state index in [1.54, 1.807) is 24.3 Å². The zero-order chi connectivity index (χ0) is 19.6. The van der Waals surface area contributed by atoms with Gasteiger partial charge in [0.15, 0.2) is 0 Å². The van der Waals surface area contributed by atoms with Gasteiger partial charge in [0.2, 0.25) is 11.8 Å². The minimum atomic E-state index is -0.512. The van der Waals surface area contributed by atoms with Gasteiger partial charge in [-0.25, -0.2) is 4.79 Å². The van der Waals surface area contributed by atoms with Crippen molar-refractivity contribution in [2.75, 3.05) is 23.9 Å². The first-order valence-electron chi connectivity index (χ1n) is 8.76. The Morgan fingerprint density at radius 1 is 1.15 bits per heavy atom. The fourth-order valence-corrected chi connectivity index (χ4v) is 3.30. The highest BCUT2D eigenvalue weighted by molar-refractivity contribution is 6.07. The summed E-state index contributed by atoms with van der Waals surface area (Å²) in [5.74, 6) is -1.38. The first-order chi connectivity index (χ1) is 12.9. The van der Waals surface area contributed by atoms with Gasteiger partial charge in [-0.2, -0.15) is 0 Å². The highest BCUT2D eigenvalue weighted by Crippen LogP contribution is 2.29. The minimum absolute atomic E-state index is 0.103. The van der Waals surface area contributed by atoms with Crippen molar-refractivity contribution >= 4 is 29.2 Å². The molecule has 0 spiro atoms. The highest BCUT2D eigenvalue weighted by atomic mass is 16.5. The Kier molecular flexibility index (Phi) is 5.26. The maximum Gasteiger partial charge on any atom is 0.339 e. The number of carbonyl (C=O) groups is 3. The van der Waals surface area contributed by atoms with E-state index in [0.29, 0.717) is 11.3 Å². The van der Waals surface area contributed by atoms with Gasteiger partial charge in [0.05, 0.1) is 24.3 Å². The number of nitrogens with one attached hydrogen (secondary N) is 1. The van der Waals surface area contributed by atoms with Gasteiger partial charge in [-0.1, -0.05) is 29.8 Å². The molecule has 140 valence electrons. The molecule has 1 aliphatic rings. The number of esters is 1. The Labute approximate surface area is 158 Å². The molecule has 0 saturated carbocycles. The molecule has 1 saturated heterocycles. The van der Waals surface area contributed by atoms with E-state index in [2.05, 4.69) is 5.32 Å². The van der Waals surface area contributed by atoms with Gasteiger partial charge in [0.25, 0.3) is 0 Å². The number of para-hydroxylation sites is 1. The molecule has 1 aliphatic heterocycles. The maximum absolute atomic E-state index is 12.7. The quantitative estimate of drug-likeness (QED) is 0.844. The lowest BCUT2D eigenvalue weighted by Crippen LogP contribution is -2.29. The van der Waals surface area contributed by atoms with Crippen molar-refractivity contribution in [2.45, 2.75) is 20.3 Å². The van der Waals surface area contributed by atoms with Gasteiger partial charge in [0.1, 0.15) is 0 Å². The average Bonchev–Trinajstić information content (AvgIpc) is 3.05. The Bertz CT molecular complexity index is 907. The predicted molar refractivity (Wildman–Crippen MR) is 103 cm³/mol. The van der Waals surface area contributed by atoms with Crippen LogP contribution in [-0.4, -0.2) is 31.4 Å². The molecule has 3 rings (SSSR count). The van der Waals surface area contributed by atoms with Crippen LogP contribution in [0.1, 0.15) is 27.9 Å². The van der Waals surface area contributed by atoms with E-state index in [9.17, 15) is 14.4 Å². The van der Waals surface area contributed by atoms with Crippen LogP contribution in [0.2, 0.25) is 0 Å². The molecule has 1 unspecified atom stereocenters. The third-order valence-corrected chi connectivity index (χ3v) is 4.74. The molecule has 2 aromatic rings. The molecule has 1 N–H and O–H groups in total. The molecule has 6 heteroatoms. The van der Waals surface area contributed by atoms with E-state index in [1.165, 1.54) is 12.0 Å². The van der Waals surface area contributed by atoms with E-state index in [4.69, 9.17) is 4.74 Å². The molecule has 0 bridgehead atoms. The van der Waals surface area contributed by atoms with Crippen molar-refractivity contribution in [3.63, 3.8) is 0 Å². The van der Waals surface area contributed by atoms with Crippen molar-refractivity contribution in [3.05, 3.63) is 59.2 Å². The summed E-state index contributed by atoms with van der Waals surface area (Å²) in [6.45, 7) is 4.15. The average molecular weight is 366 g/mol. The van der Waals surface area contributed by atoms with Crippen molar-refractivity contribution in [3.8, 4) is 0 Å². The summed E-state index contributed by atoms with van der Waals surface area (Å²) in [6.07, 6.45) is 0.103. The lowest BCUT2D eigenvalue weighted by atomic mass is 10.1. The Hall–Kier alpha value is -3.15. The molecular formula is C21H22N2O4. The van der Waals surface area contributed by atoms with E-state index >= 15 is 0 Å². The van der Waals surface area contributed by atoms with Gasteiger partial charge in [-0.3, -0.25) is 9.59 Å². The Balaban J connectivity index is 1.78. The summed E-state index contributed by atoms with van der Waals surface area (Å²) in [5.41, 5.74) is 3.61. The lowest BCUT2D eigenvalue weighted by Gasteiger charge is -2.19. The van der Waals surface area contributed by atoms with E-state index < -0.39 is 11.9 Å². The zero-order valence-corrected chi connectivity index (χ0v) is 15.6. The number of nitrogens with zero attached hydrogens (tertiary/aromatic N) is 1. The molecule has 2 aromatic carbocycles. The van der Waals surface area contributed by atoms with E-state index in [0.717, 1.165) is 16.8 Å². The normalized spacial score (nSPS) is 16.3. The first-order valence-corrected chi connectivity index (χ1v) is 8.76. The van der Waals surface area contributed by atoms with Gasteiger partial charge in [-0.05, 0) is 37.6 Å². The second-order valence-corrected chi connectivity index (χ2v) is 6.72. The second-order valence-electron chi connectivity index (χ2n) is 6.72. The fourth-order valence-electron chi connectivity index (χ4n) is 3.30. The standard InChI is InChI=1S/C21H22N2O4/c1-13-8-9-17(14(2)10-13)22-20(25)15-11-19(24)23(12-15)18-7-5-4-6-16(18)21(26)27-3/h4-10,15H,11-12H2,1-3H3,(H,22,25). The number of ether oxygens (including phenoxy) is 1. The summed E-state index contributed by atoms with van der Waals surface area (Å²) in [6, 6.07) is 12.5. The summed E-state index contributed by atoms with van der Waals surface area (Å²) in [4.78, 5) is 38.6. The number of aryl methyl sites for hydroxylation is 2. The van der Waals surface area contributed by atoms with Crippen LogP contribution in [0.25, 0.3) is 0 Å². The zero-order valence-electron chi connectivity index (χ0n) is 15.6. The van der Waals surface area contributed by atoms with Crippen molar-refractivity contribution in [2.24, 2.45) is 5.92 Å². The van der Waals surface area contributed by atoms with E-state index in [-0.39, 0.29) is 24.8 Å². The number of benzene rings is 2. The number of hydrogen-bond acceptors (Lipinski definition) is 4. The highest BCUT2D eigenvalue weighted by Gasteiger charge is 2.36. The van der Waals surface area contributed by atoms with Gasteiger partial charge in [0, 0.05) is 18.7 Å². The van der Waals surface area contributed by atoms with Gasteiger partial charge < -0.3 is 15.0 Å². The Morgan fingerprint density at radius 2 is 1.89 bits per heavy atom. The molecule has 0 radical (unpaired) electrons. The molecular weight excluding hydrogens is 344 g/mol. The van der Waals surface area contributed by atoms with Crippen molar-refractivity contribution in [1.82, 2.24) is 0 Å². The molecule has 0 aromatic heterocycles. The molecule has 0 aliphatic carbocycles. The fraction of sp³-hybridized carbons (Fsp3) is 0.286. The van der Waals surface area contributed by atoms with Crippen LogP contribution < -0.4 is 10.2 Å². The summed E-state index contributed by atoms with van der Waals surface area (Å²) < 4.78 is 4.79.